The Kier molecular flexibility index (Phi) is 5.69. The van der Waals surface area contributed by atoms with Crippen LogP contribution in [0.2, 0.25) is 0 Å². The number of nitrogens with one attached hydrogen (secondary N) is 2. The zero-order chi connectivity index (χ0) is 17.6. The predicted octanol–water partition coefficient (Wildman–Crippen LogP) is 2.81. The van der Waals surface area contributed by atoms with Crippen molar-refractivity contribution in [1.82, 2.24) is 9.97 Å². The number of carbonyl (C=O) groups is 1. The first-order valence-electron chi connectivity index (χ1n) is 6.93. The van der Waals surface area contributed by atoms with E-state index in [-0.39, 0.29) is 11.4 Å². The predicted molar refractivity (Wildman–Crippen MR) is 81.8 cm³/mol. The highest BCUT2D eigenvalue weighted by Gasteiger charge is 2.30. The Hall–Kier alpha value is -2.68. The summed E-state index contributed by atoms with van der Waals surface area (Å²) in [7, 11) is 1.56. The summed E-state index contributed by atoms with van der Waals surface area (Å²) >= 11 is 0. The minimum absolute atomic E-state index is 0.0878. The molecule has 2 N–H and O–H groups in total. The zero-order valence-corrected chi connectivity index (χ0v) is 12.7. The molecule has 1 aromatic carbocycles. The molecule has 0 radical (unpaired) electrons. The first-order chi connectivity index (χ1) is 11.4. The summed E-state index contributed by atoms with van der Waals surface area (Å²) in [5.74, 6) is -0.105. The highest BCUT2D eigenvalue weighted by atomic mass is 19.4. The van der Waals surface area contributed by atoms with Gasteiger partial charge in [-0.3, -0.25) is 4.79 Å². The molecule has 0 atom stereocenters. The molecule has 2 rings (SSSR count). The molecule has 0 saturated carbocycles. The van der Waals surface area contributed by atoms with Gasteiger partial charge in [-0.25, -0.2) is 9.97 Å². The van der Waals surface area contributed by atoms with Gasteiger partial charge in [0.05, 0.1) is 12.2 Å². The lowest BCUT2D eigenvalue weighted by Gasteiger charge is -2.09. The van der Waals surface area contributed by atoms with Gasteiger partial charge in [0.1, 0.15) is 17.8 Å². The van der Waals surface area contributed by atoms with E-state index >= 15 is 0 Å². The van der Waals surface area contributed by atoms with Gasteiger partial charge in [0, 0.05) is 25.4 Å². The molecule has 1 heterocycles. The van der Waals surface area contributed by atoms with Gasteiger partial charge in [-0.2, -0.15) is 13.2 Å². The summed E-state index contributed by atoms with van der Waals surface area (Å²) in [5.41, 5.74) is -0.461. The summed E-state index contributed by atoms with van der Waals surface area (Å²) in [6, 6.07) is 5.59. The number of rotatable bonds is 6. The van der Waals surface area contributed by atoms with E-state index in [1.807, 2.05) is 0 Å². The molecular weight excluding hydrogens is 325 g/mol. The Labute approximate surface area is 136 Å². The van der Waals surface area contributed by atoms with Crippen molar-refractivity contribution in [2.75, 3.05) is 30.9 Å². The average molecular weight is 340 g/mol. The van der Waals surface area contributed by atoms with Crippen LogP contribution in [0.3, 0.4) is 0 Å². The third kappa shape index (κ3) is 4.92. The maximum Gasteiger partial charge on any atom is 0.416 e. The monoisotopic (exact) mass is 340 g/mol. The lowest BCUT2D eigenvalue weighted by atomic mass is 10.2. The maximum absolute atomic E-state index is 12.5. The minimum Gasteiger partial charge on any atom is -0.383 e. The number of anilines is 2. The Bertz CT molecular complexity index is 690. The smallest absolute Gasteiger partial charge is 0.383 e. The van der Waals surface area contributed by atoms with E-state index in [2.05, 4.69) is 20.6 Å². The molecule has 0 fully saturated rings. The molecule has 0 spiro atoms. The van der Waals surface area contributed by atoms with Crippen molar-refractivity contribution in [2.45, 2.75) is 6.18 Å². The summed E-state index contributed by atoms with van der Waals surface area (Å²) in [6.45, 7) is 0.977. The standard InChI is InChI=1S/C15H15F3N4O2/c1-24-7-6-19-13-8-12(20-9-21-13)14(23)22-11-4-2-10(3-5-11)15(16,17)18/h2-5,8-9H,6-7H2,1H3,(H,22,23)(H,19,20,21). The van der Waals surface area contributed by atoms with Crippen molar-refractivity contribution in [3.63, 3.8) is 0 Å². The van der Waals surface area contributed by atoms with Crippen LogP contribution in [0.5, 0.6) is 0 Å². The zero-order valence-electron chi connectivity index (χ0n) is 12.7. The van der Waals surface area contributed by atoms with E-state index in [0.717, 1.165) is 12.1 Å². The molecule has 0 saturated heterocycles. The fourth-order valence-corrected chi connectivity index (χ4v) is 1.80. The molecule has 0 aliphatic heterocycles. The molecule has 0 aliphatic carbocycles. The number of halogens is 3. The summed E-state index contributed by atoms with van der Waals surface area (Å²) in [5, 5.41) is 5.43. The third-order valence-electron chi connectivity index (χ3n) is 2.98. The van der Waals surface area contributed by atoms with Gasteiger partial charge in [-0.15, -0.1) is 0 Å². The Morgan fingerprint density at radius 2 is 1.92 bits per heavy atom. The van der Waals surface area contributed by atoms with Gasteiger partial charge in [0.25, 0.3) is 5.91 Å². The van der Waals surface area contributed by atoms with Crippen LogP contribution in [0.25, 0.3) is 0 Å². The Balaban J connectivity index is 2.03. The molecule has 128 valence electrons. The Morgan fingerprint density at radius 1 is 1.21 bits per heavy atom. The van der Waals surface area contributed by atoms with Gasteiger partial charge >= 0.3 is 6.18 Å². The second-order valence-corrected chi connectivity index (χ2v) is 4.74. The van der Waals surface area contributed by atoms with Crippen molar-refractivity contribution >= 4 is 17.4 Å². The minimum atomic E-state index is -4.42. The molecule has 1 aromatic heterocycles. The molecule has 0 unspecified atom stereocenters. The second kappa shape index (κ2) is 7.73. The van der Waals surface area contributed by atoms with E-state index in [1.54, 1.807) is 7.11 Å². The lowest BCUT2D eigenvalue weighted by molar-refractivity contribution is -0.137. The topological polar surface area (TPSA) is 76.1 Å². The molecule has 6 nitrogen and oxygen atoms in total. The molecule has 2 aromatic rings. The van der Waals surface area contributed by atoms with Crippen LogP contribution < -0.4 is 10.6 Å². The van der Waals surface area contributed by atoms with Crippen LogP contribution >= 0.6 is 0 Å². The van der Waals surface area contributed by atoms with Crippen molar-refractivity contribution in [3.05, 3.63) is 47.9 Å². The highest BCUT2D eigenvalue weighted by Crippen LogP contribution is 2.29. The first kappa shape index (κ1) is 17.7. The first-order valence-corrected chi connectivity index (χ1v) is 6.93. The number of hydrogen-bond donors (Lipinski definition) is 2. The highest BCUT2D eigenvalue weighted by molar-refractivity contribution is 6.03. The fourth-order valence-electron chi connectivity index (χ4n) is 1.80. The summed E-state index contributed by atoms with van der Waals surface area (Å²) < 4.78 is 42.4. The molecule has 1 amide bonds. The molecule has 9 heteroatoms. The number of ether oxygens (including phenoxy) is 1. The largest absolute Gasteiger partial charge is 0.416 e. The van der Waals surface area contributed by atoms with E-state index < -0.39 is 17.6 Å². The van der Waals surface area contributed by atoms with Crippen LogP contribution in [-0.2, 0) is 10.9 Å². The van der Waals surface area contributed by atoms with E-state index in [0.29, 0.717) is 19.0 Å². The van der Waals surface area contributed by atoms with Gasteiger partial charge in [0.15, 0.2) is 0 Å². The number of amides is 1. The number of benzene rings is 1. The van der Waals surface area contributed by atoms with Crippen LogP contribution in [-0.4, -0.2) is 36.1 Å². The van der Waals surface area contributed by atoms with E-state index in [4.69, 9.17) is 4.74 Å². The normalized spacial score (nSPS) is 11.2. The number of methoxy groups -OCH3 is 1. The number of hydrogen-bond acceptors (Lipinski definition) is 5. The fraction of sp³-hybridized carbons (Fsp3) is 0.267. The van der Waals surface area contributed by atoms with Crippen molar-refractivity contribution in [2.24, 2.45) is 0 Å². The van der Waals surface area contributed by atoms with Crippen LogP contribution in [0, 0.1) is 0 Å². The maximum atomic E-state index is 12.5. The molecular formula is C15H15F3N4O2. The van der Waals surface area contributed by atoms with E-state index in [1.165, 1.54) is 24.5 Å². The number of carbonyl (C=O) groups excluding carboxylic acids is 1. The van der Waals surface area contributed by atoms with Gasteiger partial charge in [-0.1, -0.05) is 0 Å². The van der Waals surface area contributed by atoms with Crippen molar-refractivity contribution in [3.8, 4) is 0 Å². The number of alkyl halides is 3. The van der Waals surface area contributed by atoms with Crippen LogP contribution in [0.4, 0.5) is 24.7 Å². The lowest BCUT2D eigenvalue weighted by Crippen LogP contribution is -2.15. The SMILES string of the molecule is COCCNc1cc(C(=O)Nc2ccc(C(F)(F)F)cc2)ncn1. The molecule has 24 heavy (non-hydrogen) atoms. The molecule has 0 bridgehead atoms. The van der Waals surface area contributed by atoms with Gasteiger partial charge in [0.2, 0.25) is 0 Å². The Morgan fingerprint density at radius 3 is 2.54 bits per heavy atom. The van der Waals surface area contributed by atoms with Gasteiger partial charge in [-0.05, 0) is 24.3 Å². The number of aromatic nitrogens is 2. The quantitative estimate of drug-likeness (QED) is 0.791. The van der Waals surface area contributed by atoms with Gasteiger partial charge < -0.3 is 15.4 Å². The van der Waals surface area contributed by atoms with Crippen molar-refractivity contribution < 1.29 is 22.7 Å². The summed E-state index contributed by atoms with van der Waals surface area (Å²) in [6.07, 6.45) is -3.20. The third-order valence-corrected chi connectivity index (χ3v) is 2.98. The molecule has 0 aliphatic rings. The van der Waals surface area contributed by atoms with Crippen LogP contribution in [0.1, 0.15) is 16.1 Å². The second-order valence-electron chi connectivity index (χ2n) is 4.74. The average Bonchev–Trinajstić information content (AvgIpc) is 2.55. The van der Waals surface area contributed by atoms with Crippen LogP contribution in [0.15, 0.2) is 36.7 Å². The summed E-state index contributed by atoms with van der Waals surface area (Å²) in [4.78, 5) is 19.9. The van der Waals surface area contributed by atoms with E-state index in [9.17, 15) is 18.0 Å². The van der Waals surface area contributed by atoms with Crippen molar-refractivity contribution in [1.29, 1.82) is 0 Å². The number of nitrogens with zero attached hydrogens (tertiary/aromatic N) is 2.